The predicted molar refractivity (Wildman–Crippen MR) is 57.1 cm³/mol. The Morgan fingerprint density at radius 1 is 1.29 bits per heavy atom. The molecular formula is C12H14O2. The molecule has 0 heterocycles. The van der Waals surface area contributed by atoms with E-state index in [0.717, 1.165) is 17.6 Å². The third kappa shape index (κ3) is 2.22. The van der Waals surface area contributed by atoms with E-state index >= 15 is 0 Å². The van der Waals surface area contributed by atoms with Crippen molar-refractivity contribution in [1.82, 2.24) is 0 Å². The molecule has 0 bridgehead atoms. The Kier molecular flexibility index (Phi) is 3.46. The van der Waals surface area contributed by atoms with Gasteiger partial charge in [0.2, 0.25) is 0 Å². The van der Waals surface area contributed by atoms with Crippen LogP contribution in [0, 0.1) is 0 Å². The fourth-order valence-electron chi connectivity index (χ4n) is 1.16. The summed E-state index contributed by atoms with van der Waals surface area (Å²) in [5, 5.41) is 0. The minimum absolute atomic E-state index is 0.307. The van der Waals surface area contributed by atoms with Crippen molar-refractivity contribution >= 4 is 11.5 Å². The van der Waals surface area contributed by atoms with E-state index in [1.165, 1.54) is 7.11 Å². The van der Waals surface area contributed by atoms with E-state index in [1.54, 1.807) is 12.1 Å². The number of carbonyl (C=O) groups is 1. The summed E-state index contributed by atoms with van der Waals surface area (Å²) in [6.45, 7) is 5.97. The summed E-state index contributed by atoms with van der Waals surface area (Å²) in [5.74, 6) is -0.307. The molecule has 2 nitrogen and oxygen atoms in total. The fraction of sp³-hybridized carbons (Fsp3) is 0.250. The number of ether oxygens (including phenoxy) is 1. The molecule has 0 radical (unpaired) electrons. The number of carbonyl (C=O) groups excluding carboxylic acids is 1. The molecule has 74 valence electrons. The lowest BCUT2D eigenvalue weighted by Crippen LogP contribution is -2.00. The molecule has 1 aromatic rings. The normalized spacial score (nSPS) is 9.57. The Balaban J connectivity index is 2.89. The lowest BCUT2D eigenvalue weighted by Gasteiger charge is -2.03. The van der Waals surface area contributed by atoms with Gasteiger partial charge in [-0.3, -0.25) is 0 Å². The maximum Gasteiger partial charge on any atom is 0.337 e. The molecule has 0 atom stereocenters. The summed E-state index contributed by atoms with van der Waals surface area (Å²) >= 11 is 0. The van der Waals surface area contributed by atoms with Gasteiger partial charge < -0.3 is 4.74 Å². The number of methoxy groups -OCH3 is 1. The molecule has 1 rings (SSSR count). The van der Waals surface area contributed by atoms with Crippen LogP contribution in [0.1, 0.15) is 29.3 Å². The van der Waals surface area contributed by atoms with Gasteiger partial charge in [0.15, 0.2) is 0 Å². The number of benzene rings is 1. The molecule has 0 aliphatic carbocycles. The average molecular weight is 190 g/mol. The predicted octanol–water partition coefficient (Wildman–Crippen LogP) is 2.90. The van der Waals surface area contributed by atoms with Crippen LogP contribution in [0.15, 0.2) is 30.8 Å². The maximum absolute atomic E-state index is 11.1. The van der Waals surface area contributed by atoms with E-state index < -0.39 is 0 Å². The van der Waals surface area contributed by atoms with Crippen LogP contribution in [-0.4, -0.2) is 13.1 Å². The quantitative estimate of drug-likeness (QED) is 0.685. The van der Waals surface area contributed by atoms with E-state index in [0.29, 0.717) is 5.56 Å². The van der Waals surface area contributed by atoms with Crippen LogP contribution in [0.3, 0.4) is 0 Å². The van der Waals surface area contributed by atoms with E-state index in [2.05, 4.69) is 18.2 Å². The highest BCUT2D eigenvalue weighted by molar-refractivity contribution is 5.89. The summed E-state index contributed by atoms with van der Waals surface area (Å²) in [6, 6.07) is 7.28. The van der Waals surface area contributed by atoms with Crippen molar-refractivity contribution < 1.29 is 9.53 Å². The number of allylic oxidation sites excluding steroid dienone is 1. The van der Waals surface area contributed by atoms with Crippen molar-refractivity contribution in [2.75, 3.05) is 7.11 Å². The molecular weight excluding hydrogens is 176 g/mol. The van der Waals surface area contributed by atoms with Gasteiger partial charge >= 0.3 is 5.97 Å². The molecule has 0 N–H and O–H groups in total. The Labute approximate surface area is 84.2 Å². The average Bonchev–Trinajstić information content (AvgIpc) is 2.27. The highest BCUT2D eigenvalue weighted by atomic mass is 16.5. The minimum Gasteiger partial charge on any atom is -0.465 e. The maximum atomic E-state index is 11.1. The Morgan fingerprint density at radius 3 is 2.21 bits per heavy atom. The zero-order valence-corrected chi connectivity index (χ0v) is 8.54. The van der Waals surface area contributed by atoms with Crippen molar-refractivity contribution in [3.05, 3.63) is 42.0 Å². The molecule has 0 aromatic heterocycles. The van der Waals surface area contributed by atoms with E-state index in [4.69, 9.17) is 0 Å². The van der Waals surface area contributed by atoms with Crippen LogP contribution in [0.25, 0.3) is 5.57 Å². The first-order valence-electron chi connectivity index (χ1n) is 4.55. The third-order valence-corrected chi connectivity index (χ3v) is 2.14. The van der Waals surface area contributed by atoms with Gasteiger partial charge in [-0.15, -0.1) is 0 Å². The van der Waals surface area contributed by atoms with Crippen molar-refractivity contribution in [3.8, 4) is 0 Å². The Bertz CT molecular complexity index is 301. The van der Waals surface area contributed by atoms with Gasteiger partial charge in [-0.25, -0.2) is 4.79 Å². The fourth-order valence-corrected chi connectivity index (χ4v) is 1.16. The summed E-state index contributed by atoms with van der Waals surface area (Å²) in [4.78, 5) is 11.1. The van der Waals surface area contributed by atoms with Crippen molar-refractivity contribution in [1.29, 1.82) is 0 Å². The van der Waals surface area contributed by atoms with E-state index in [1.807, 2.05) is 12.1 Å². The van der Waals surface area contributed by atoms with Crippen LogP contribution in [0.5, 0.6) is 0 Å². The highest BCUT2D eigenvalue weighted by Crippen LogP contribution is 2.16. The van der Waals surface area contributed by atoms with Gasteiger partial charge in [0.05, 0.1) is 12.7 Å². The largest absolute Gasteiger partial charge is 0.465 e. The van der Waals surface area contributed by atoms with Crippen molar-refractivity contribution in [2.45, 2.75) is 13.3 Å². The SMILES string of the molecule is C=C(CC)c1ccc(C(=O)OC)cc1. The zero-order valence-electron chi connectivity index (χ0n) is 8.54. The summed E-state index contributed by atoms with van der Waals surface area (Å²) in [6.07, 6.45) is 0.914. The molecule has 0 saturated heterocycles. The molecule has 0 spiro atoms. The first-order chi connectivity index (χ1) is 6.69. The molecule has 0 unspecified atom stereocenters. The lowest BCUT2D eigenvalue weighted by molar-refractivity contribution is 0.0601. The third-order valence-electron chi connectivity index (χ3n) is 2.14. The molecule has 0 fully saturated rings. The van der Waals surface area contributed by atoms with Crippen LogP contribution < -0.4 is 0 Å². The molecule has 0 amide bonds. The second-order valence-electron chi connectivity index (χ2n) is 3.03. The summed E-state index contributed by atoms with van der Waals surface area (Å²) < 4.78 is 4.60. The molecule has 2 heteroatoms. The highest BCUT2D eigenvalue weighted by Gasteiger charge is 2.04. The number of hydrogen-bond acceptors (Lipinski definition) is 2. The second-order valence-corrected chi connectivity index (χ2v) is 3.03. The Hall–Kier alpha value is -1.57. The topological polar surface area (TPSA) is 26.3 Å². The van der Waals surface area contributed by atoms with E-state index in [9.17, 15) is 4.79 Å². The van der Waals surface area contributed by atoms with E-state index in [-0.39, 0.29) is 5.97 Å². The monoisotopic (exact) mass is 190 g/mol. The minimum atomic E-state index is -0.307. The molecule has 14 heavy (non-hydrogen) atoms. The van der Waals surface area contributed by atoms with Gasteiger partial charge in [0.1, 0.15) is 0 Å². The number of esters is 1. The van der Waals surface area contributed by atoms with Gasteiger partial charge in [-0.1, -0.05) is 25.6 Å². The van der Waals surface area contributed by atoms with Crippen LogP contribution >= 0.6 is 0 Å². The number of hydrogen-bond donors (Lipinski definition) is 0. The van der Waals surface area contributed by atoms with Crippen LogP contribution in [0.2, 0.25) is 0 Å². The summed E-state index contributed by atoms with van der Waals surface area (Å²) in [5.41, 5.74) is 2.71. The molecule has 0 aliphatic heterocycles. The standard InChI is InChI=1S/C12H14O2/c1-4-9(2)10-5-7-11(8-6-10)12(13)14-3/h5-8H,2,4H2,1,3H3. The molecule has 0 saturated carbocycles. The van der Waals surface area contributed by atoms with Gasteiger partial charge in [0, 0.05) is 0 Å². The van der Waals surface area contributed by atoms with Crippen molar-refractivity contribution in [3.63, 3.8) is 0 Å². The Morgan fingerprint density at radius 2 is 1.79 bits per heavy atom. The van der Waals surface area contributed by atoms with Crippen LogP contribution in [-0.2, 0) is 4.74 Å². The zero-order chi connectivity index (χ0) is 10.6. The van der Waals surface area contributed by atoms with Gasteiger partial charge in [-0.05, 0) is 29.7 Å². The lowest BCUT2D eigenvalue weighted by atomic mass is 10.0. The smallest absolute Gasteiger partial charge is 0.337 e. The molecule has 0 aliphatic rings. The first kappa shape index (κ1) is 10.5. The second kappa shape index (κ2) is 4.61. The van der Waals surface area contributed by atoms with Gasteiger partial charge in [0.25, 0.3) is 0 Å². The summed E-state index contributed by atoms with van der Waals surface area (Å²) in [7, 11) is 1.38. The van der Waals surface area contributed by atoms with Gasteiger partial charge in [-0.2, -0.15) is 0 Å². The first-order valence-corrected chi connectivity index (χ1v) is 4.55. The molecule has 1 aromatic carbocycles. The number of rotatable bonds is 3. The van der Waals surface area contributed by atoms with Crippen LogP contribution in [0.4, 0.5) is 0 Å². The van der Waals surface area contributed by atoms with Crippen molar-refractivity contribution in [2.24, 2.45) is 0 Å².